The summed E-state index contributed by atoms with van der Waals surface area (Å²) >= 11 is 0. The summed E-state index contributed by atoms with van der Waals surface area (Å²) in [6.07, 6.45) is 1.96. The summed E-state index contributed by atoms with van der Waals surface area (Å²) in [5.74, 6) is 1.16. The third-order valence-electron chi connectivity index (χ3n) is 1.76. The summed E-state index contributed by atoms with van der Waals surface area (Å²) in [6, 6.07) is 0. The minimum Gasteiger partial charge on any atom is -0.330 e. The van der Waals surface area contributed by atoms with Crippen molar-refractivity contribution in [2.24, 2.45) is 17.6 Å². The Hall–Kier alpha value is -0.120. The molecule has 0 heterocycles. The molecule has 3 heteroatoms. The molecule has 0 radical (unpaired) electrons. The van der Waals surface area contributed by atoms with E-state index in [1.54, 1.807) is 0 Å². The van der Waals surface area contributed by atoms with Gasteiger partial charge in [0, 0.05) is 0 Å². The van der Waals surface area contributed by atoms with Gasteiger partial charge in [-0.15, -0.1) is 0 Å². The maximum absolute atomic E-state index is 8.10. The van der Waals surface area contributed by atoms with Gasteiger partial charge in [0.2, 0.25) is 0 Å². The maximum Gasteiger partial charge on any atom is 0.0822 e. The predicted molar refractivity (Wildman–Crippen MR) is 45.2 cm³/mol. The van der Waals surface area contributed by atoms with E-state index in [0.29, 0.717) is 25.0 Å². The molecule has 0 aromatic rings. The quantitative estimate of drug-likeness (QED) is 0.458. The third kappa shape index (κ3) is 6.28. The van der Waals surface area contributed by atoms with E-state index in [1.165, 1.54) is 0 Å². The van der Waals surface area contributed by atoms with Crippen LogP contribution >= 0.6 is 0 Å². The molecular weight excluding hydrogens is 142 g/mol. The first-order valence-electron chi connectivity index (χ1n) is 4.17. The van der Waals surface area contributed by atoms with Crippen molar-refractivity contribution in [2.75, 3.05) is 13.2 Å². The first-order chi connectivity index (χ1) is 5.20. The lowest BCUT2D eigenvalue weighted by Crippen LogP contribution is -2.18. The van der Waals surface area contributed by atoms with E-state index >= 15 is 0 Å². The maximum atomic E-state index is 8.10. The van der Waals surface area contributed by atoms with Crippen molar-refractivity contribution in [3.63, 3.8) is 0 Å². The molecule has 0 saturated heterocycles. The first kappa shape index (κ1) is 10.9. The second-order valence-corrected chi connectivity index (χ2v) is 3.35. The molecule has 0 spiro atoms. The van der Waals surface area contributed by atoms with E-state index in [1.807, 2.05) is 0 Å². The van der Waals surface area contributed by atoms with E-state index < -0.39 is 0 Å². The Morgan fingerprint density at radius 2 is 2.09 bits per heavy atom. The molecule has 0 aliphatic carbocycles. The minimum atomic E-state index is 0.397. The van der Waals surface area contributed by atoms with Crippen molar-refractivity contribution < 1.29 is 10.1 Å². The molecule has 1 atom stereocenters. The zero-order chi connectivity index (χ0) is 8.69. The SMILES string of the molecule is CC(C)CC(CN)CCOO. The Kier molecular flexibility index (Phi) is 6.51. The van der Waals surface area contributed by atoms with Gasteiger partial charge in [-0.3, -0.25) is 5.26 Å². The minimum absolute atomic E-state index is 0.397. The van der Waals surface area contributed by atoms with Crippen molar-refractivity contribution in [1.82, 2.24) is 0 Å². The molecule has 11 heavy (non-hydrogen) atoms. The number of hydrogen-bond acceptors (Lipinski definition) is 3. The molecule has 0 saturated carbocycles. The molecule has 0 aliphatic heterocycles. The summed E-state index contributed by atoms with van der Waals surface area (Å²) in [5.41, 5.74) is 5.52. The van der Waals surface area contributed by atoms with Crippen LogP contribution in [0.1, 0.15) is 26.7 Å². The van der Waals surface area contributed by atoms with Gasteiger partial charge in [-0.2, -0.15) is 0 Å². The number of hydrogen-bond donors (Lipinski definition) is 2. The Morgan fingerprint density at radius 1 is 1.45 bits per heavy atom. The van der Waals surface area contributed by atoms with Crippen LogP contribution in [0.2, 0.25) is 0 Å². The molecule has 0 aromatic carbocycles. The van der Waals surface area contributed by atoms with E-state index in [4.69, 9.17) is 11.0 Å². The van der Waals surface area contributed by atoms with Crippen molar-refractivity contribution in [3.8, 4) is 0 Å². The summed E-state index contributed by atoms with van der Waals surface area (Å²) in [7, 11) is 0. The molecule has 1 unspecified atom stereocenters. The standard InChI is InChI=1S/C8H19NO2/c1-7(2)5-8(6-9)3-4-11-10/h7-8,10H,3-6,9H2,1-2H3. The summed E-state index contributed by atoms with van der Waals surface area (Å²) in [4.78, 5) is 4.00. The summed E-state index contributed by atoms with van der Waals surface area (Å²) in [5, 5.41) is 8.10. The van der Waals surface area contributed by atoms with Crippen LogP contribution in [-0.2, 0) is 4.89 Å². The van der Waals surface area contributed by atoms with Crippen molar-refractivity contribution in [2.45, 2.75) is 26.7 Å². The van der Waals surface area contributed by atoms with Crippen LogP contribution in [0, 0.1) is 11.8 Å². The molecule has 0 rings (SSSR count). The summed E-state index contributed by atoms with van der Waals surface area (Å²) < 4.78 is 0. The topological polar surface area (TPSA) is 55.5 Å². The molecule has 0 aromatic heterocycles. The fourth-order valence-electron chi connectivity index (χ4n) is 1.22. The molecule has 68 valence electrons. The molecule has 0 amide bonds. The van der Waals surface area contributed by atoms with Gasteiger partial charge in [0.1, 0.15) is 0 Å². The van der Waals surface area contributed by atoms with E-state index in [0.717, 1.165) is 12.8 Å². The molecule has 0 bridgehead atoms. The number of nitrogens with two attached hydrogens (primary N) is 1. The van der Waals surface area contributed by atoms with Crippen LogP contribution < -0.4 is 5.73 Å². The third-order valence-corrected chi connectivity index (χ3v) is 1.76. The largest absolute Gasteiger partial charge is 0.330 e. The lowest BCUT2D eigenvalue weighted by atomic mass is 9.95. The zero-order valence-electron chi connectivity index (χ0n) is 7.42. The van der Waals surface area contributed by atoms with E-state index in [9.17, 15) is 0 Å². The van der Waals surface area contributed by atoms with Gasteiger partial charge >= 0.3 is 0 Å². The van der Waals surface area contributed by atoms with E-state index in [2.05, 4.69) is 18.7 Å². The van der Waals surface area contributed by atoms with Crippen LogP contribution in [0.15, 0.2) is 0 Å². The Balaban J connectivity index is 3.41. The van der Waals surface area contributed by atoms with Gasteiger partial charge in [-0.25, -0.2) is 4.89 Å². The zero-order valence-corrected chi connectivity index (χ0v) is 7.42. The van der Waals surface area contributed by atoms with Gasteiger partial charge in [-0.1, -0.05) is 13.8 Å². The fourth-order valence-corrected chi connectivity index (χ4v) is 1.22. The van der Waals surface area contributed by atoms with Gasteiger partial charge in [0.15, 0.2) is 0 Å². The molecule has 0 fully saturated rings. The number of rotatable bonds is 6. The molecule has 3 nitrogen and oxygen atoms in total. The highest BCUT2D eigenvalue weighted by Gasteiger charge is 2.08. The van der Waals surface area contributed by atoms with Crippen LogP contribution in [0.4, 0.5) is 0 Å². The Labute approximate surface area is 68.5 Å². The Bertz CT molecular complexity index is 86.2. The lowest BCUT2D eigenvalue weighted by Gasteiger charge is -2.15. The second kappa shape index (κ2) is 6.58. The molecule has 0 aliphatic rings. The van der Waals surface area contributed by atoms with Gasteiger partial charge < -0.3 is 5.73 Å². The van der Waals surface area contributed by atoms with Crippen LogP contribution in [0.25, 0.3) is 0 Å². The van der Waals surface area contributed by atoms with Crippen LogP contribution in [-0.4, -0.2) is 18.4 Å². The normalized spacial score (nSPS) is 13.9. The van der Waals surface area contributed by atoms with Crippen molar-refractivity contribution in [1.29, 1.82) is 0 Å². The summed E-state index contributed by atoms with van der Waals surface area (Å²) in [6.45, 7) is 5.42. The second-order valence-electron chi connectivity index (χ2n) is 3.35. The van der Waals surface area contributed by atoms with Gasteiger partial charge in [0.25, 0.3) is 0 Å². The molecular formula is C8H19NO2. The average molecular weight is 161 g/mol. The van der Waals surface area contributed by atoms with Crippen LogP contribution in [0.5, 0.6) is 0 Å². The highest BCUT2D eigenvalue weighted by Crippen LogP contribution is 2.13. The smallest absolute Gasteiger partial charge is 0.0822 e. The average Bonchev–Trinajstić information content (AvgIpc) is 1.97. The highest BCUT2D eigenvalue weighted by molar-refractivity contribution is 4.61. The Morgan fingerprint density at radius 3 is 2.45 bits per heavy atom. The predicted octanol–water partition coefficient (Wildman–Crippen LogP) is 1.49. The lowest BCUT2D eigenvalue weighted by molar-refractivity contribution is -0.244. The fraction of sp³-hybridized carbons (Fsp3) is 1.00. The van der Waals surface area contributed by atoms with Gasteiger partial charge in [0.05, 0.1) is 6.61 Å². The molecule has 3 N–H and O–H groups in total. The monoisotopic (exact) mass is 161 g/mol. The highest BCUT2D eigenvalue weighted by atomic mass is 17.1. The van der Waals surface area contributed by atoms with E-state index in [-0.39, 0.29) is 0 Å². The first-order valence-corrected chi connectivity index (χ1v) is 4.17. The van der Waals surface area contributed by atoms with Gasteiger partial charge in [-0.05, 0) is 31.2 Å². The van der Waals surface area contributed by atoms with Crippen LogP contribution in [0.3, 0.4) is 0 Å². The van der Waals surface area contributed by atoms with Crippen molar-refractivity contribution in [3.05, 3.63) is 0 Å². The van der Waals surface area contributed by atoms with Crippen molar-refractivity contribution >= 4 is 0 Å².